The van der Waals surface area contributed by atoms with Crippen molar-refractivity contribution in [1.82, 2.24) is 14.5 Å². The summed E-state index contributed by atoms with van der Waals surface area (Å²) < 4.78 is 29.1. The van der Waals surface area contributed by atoms with Gasteiger partial charge >= 0.3 is 99.8 Å². The second-order valence-electron chi connectivity index (χ2n) is 12.6. The van der Waals surface area contributed by atoms with Crippen LogP contribution < -0.4 is 4.40 Å². The molecule has 0 N–H and O–H groups in total. The van der Waals surface area contributed by atoms with E-state index in [0.29, 0.717) is 5.56 Å². The Morgan fingerprint density at radius 3 is 2.33 bits per heavy atom. The Balaban J connectivity index is 0.000000222. The summed E-state index contributed by atoms with van der Waals surface area (Å²) in [5.41, 5.74) is 7.54. The zero-order valence-corrected chi connectivity index (χ0v) is 32.6. The van der Waals surface area contributed by atoms with Crippen LogP contribution in [0.3, 0.4) is 0 Å². The molecule has 5 aromatic carbocycles. The molecule has 3 aromatic heterocycles. The van der Waals surface area contributed by atoms with Gasteiger partial charge in [0.1, 0.15) is 0 Å². The summed E-state index contributed by atoms with van der Waals surface area (Å²) in [7, 11) is 0. The molecule has 0 bridgehead atoms. The van der Waals surface area contributed by atoms with Gasteiger partial charge in [-0.15, -0.1) is 12.1 Å². The number of fused-ring (bicyclic) bond motifs is 4. The minimum atomic E-state index is -2.11. The van der Waals surface area contributed by atoms with E-state index < -0.39 is 20.1 Å². The summed E-state index contributed by atoms with van der Waals surface area (Å²) in [6.45, 7) is 0.840. The molecule has 0 amide bonds. The smallest absolute Gasteiger partial charge is 0 e. The number of benzene rings is 5. The molecule has 0 saturated heterocycles. The molecule has 1 radical (unpaired) electrons. The topological polar surface area (TPSA) is 30.7 Å². The minimum Gasteiger partial charge on any atom is 0 e. The van der Waals surface area contributed by atoms with Crippen molar-refractivity contribution in [2.45, 2.75) is 37.6 Å². The van der Waals surface area contributed by atoms with Crippen LogP contribution in [-0.2, 0) is 26.7 Å². The maximum atomic E-state index is 7.69. The molecule has 241 valence electrons. The summed E-state index contributed by atoms with van der Waals surface area (Å²) in [4.78, 5) is 9.52. The molecule has 48 heavy (non-hydrogen) atoms. The predicted molar refractivity (Wildman–Crippen MR) is 204 cm³/mol. The number of hydrogen-bond acceptors (Lipinski definition) is 3. The molecular weight excluding hydrogens is 843 g/mol. The quantitative estimate of drug-likeness (QED) is 0.127. The molecule has 0 unspecified atom stereocenters. The fourth-order valence-electron chi connectivity index (χ4n) is 5.95. The standard InChI is InChI=1S/C28H21N2S.C14H16GeN.Ir/c1-3-30-24-10-6-5-9-23(24)29-28(30)22-17-16-20(19-14-12-18(2)13-15-19)26-21-8-4-7-11-25(21)31-27(22)26;1-15(2,3)13-9-10-14(16-11-13)12-7-5-4-6-8-12;/h4-16H,3H2,1-2H3;4-7,9-11H,1-3H3;/q2*-1;/i2D3;;. The van der Waals surface area contributed by atoms with Gasteiger partial charge in [-0.3, -0.25) is 4.98 Å². The number of pyridine rings is 1. The average molecular weight is 884 g/mol. The fraction of sp³-hybridized carbons (Fsp3) is 0.143. The molecule has 0 aliphatic heterocycles. The summed E-state index contributed by atoms with van der Waals surface area (Å²) in [5.74, 6) is 8.06. The number of thiophene rings is 1. The van der Waals surface area contributed by atoms with E-state index in [4.69, 9.17) is 9.10 Å². The Bertz CT molecular complexity index is 2430. The van der Waals surface area contributed by atoms with Crippen LogP contribution in [0.4, 0.5) is 0 Å². The Kier molecular flexibility index (Phi) is 9.01. The zero-order chi connectivity index (χ0) is 35.0. The number of rotatable bonds is 5. The van der Waals surface area contributed by atoms with Gasteiger partial charge in [0.05, 0.1) is 16.9 Å². The predicted octanol–water partition coefficient (Wildman–Crippen LogP) is 11.0. The van der Waals surface area contributed by atoms with E-state index >= 15 is 0 Å². The van der Waals surface area contributed by atoms with Gasteiger partial charge in [-0.1, -0.05) is 82.2 Å². The van der Waals surface area contributed by atoms with E-state index in [0.717, 1.165) is 61.4 Å². The summed E-state index contributed by atoms with van der Waals surface area (Å²) in [5, 5.41) is 2.34. The first-order chi connectivity index (χ1) is 24.0. The number of aryl methyl sites for hydroxylation is 2. The van der Waals surface area contributed by atoms with E-state index in [2.05, 4.69) is 88.3 Å². The largest absolute Gasteiger partial charge is 0 e. The van der Waals surface area contributed by atoms with Crippen molar-refractivity contribution in [2.24, 2.45) is 0 Å². The molecule has 0 aliphatic carbocycles. The normalized spacial score (nSPS) is 12.5. The number of para-hydroxylation sites is 2. The third-order valence-electron chi connectivity index (χ3n) is 8.46. The number of hydrogen-bond donors (Lipinski definition) is 0. The molecule has 0 atom stereocenters. The Morgan fingerprint density at radius 2 is 1.62 bits per heavy atom. The second kappa shape index (κ2) is 14.3. The second-order valence-corrected chi connectivity index (χ2v) is 24.3. The summed E-state index contributed by atoms with van der Waals surface area (Å²) >= 11 is 0.0380. The van der Waals surface area contributed by atoms with Crippen molar-refractivity contribution < 1.29 is 24.2 Å². The van der Waals surface area contributed by atoms with Crippen LogP contribution in [-0.4, -0.2) is 27.8 Å². The summed E-state index contributed by atoms with van der Waals surface area (Å²) in [6.07, 6.45) is 2.04. The summed E-state index contributed by atoms with van der Waals surface area (Å²) in [6, 6.07) is 44.9. The van der Waals surface area contributed by atoms with Crippen molar-refractivity contribution in [3.8, 4) is 33.8 Å². The molecule has 0 saturated carbocycles. The van der Waals surface area contributed by atoms with E-state index in [1.54, 1.807) is 23.5 Å². The van der Waals surface area contributed by atoms with Gasteiger partial charge in [0.25, 0.3) is 0 Å². The maximum absolute atomic E-state index is 7.69. The Labute approximate surface area is 307 Å². The Hall–Kier alpha value is -3.87. The van der Waals surface area contributed by atoms with Crippen LogP contribution in [0.1, 0.15) is 16.6 Å². The third-order valence-corrected chi connectivity index (χ3v) is 13.9. The molecule has 0 spiro atoms. The molecule has 3 nitrogen and oxygen atoms in total. The maximum Gasteiger partial charge on any atom is 0 e. The van der Waals surface area contributed by atoms with Crippen LogP contribution in [0.5, 0.6) is 0 Å². The molecule has 8 aromatic rings. The van der Waals surface area contributed by atoms with Crippen LogP contribution in [0.2, 0.25) is 17.3 Å². The number of nitrogens with zero attached hydrogens (tertiary/aromatic N) is 3. The van der Waals surface area contributed by atoms with Gasteiger partial charge in [0, 0.05) is 35.5 Å². The fourth-order valence-corrected chi connectivity index (χ4v) is 9.34. The van der Waals surface area contributed by atoms with Gasteiger partial charge in [-0.2, -0.15) is 11.3 Å². The van der Waals surface area contributed by atoms with Crippen molar-refractivity contribution in [3.05, 3.63) is 139 Å². The number of imidazole rings is 1. The van der Waals surface area contributed by atoms with Gasteiger partial charge in [0.2, 0.25) is 0 Å². The van der Waals surface area contributed by atoms with Crippen molar-refractivity contribution in [3.63, 3.8) is 0 Å². The molecule has 3 heterocycles. The van der Waals surface area contributed by atoms with Gasteiger partial charge < -0.3 is 4.57 Å². The first-order valence-electron chi connectivity index (χ1n) is 17.4. The molecule has 6 heteroatoms. The van der Waals surface area contributed by atoms with Crippen LogP contribution in [0.25, 0.3) is 65.0 Å². The van der Waals surface area contributed by atoms with Gasteiger partial charge in [-0.05, 0) is 42.1 Å². The molecule has 0 aliphatic rings. The Morgan fingerprint density at radius 1 is 0.854 bits per heavy atom. The van der Waals surface area contributed by atoms with Gasteiger partial charge in [-0.25, -0.2) is 0 Å². The van der Waals surface area contributed by atoms with E-state index in [1.807, 2.05) is 66.9 Å². The van der Waals surface area contributed by atoms with E-state index in [-0.39, 0.29) is 20.1 Å². The molecule has 0 fully saturated rings. The van der Waals surface area contributed by atoms with Crippen molar-refractivity contribution in [1.29, 1.82) is 0 Å². The average Bonchev–Trinajstić information content (AvgIpc) is 3.70. The van der Waals surface area contributed by atoms with Crippen LogP contribution in [0.15, 0.2) is 121 Å². The molecule has 8 rings (SSSR count). The number of aromatic nitrogens is 3. The minimum absolute atomic E-state index is 0. The monoisotopic (exact) mass is 885 g/mol. The van der Waals surface area contributed by atoms with E-state index in [1.165, 1.54) is 14.5 Å². The van der Waals surface area contributed by atoms with Crippen molar-refractivity contribution >= 4 is 60.2 Å². The van der Waals surface area contributed by atoms with Gasteiger partial charge in [0.15, 0.2) is 0 Å². The molecular formula is C42H37GeIrN3S-2. The first-order valence-corrected chi connectivity index (χ1v) is 24.0. The van der Waals surface area contributed by atoms with Crippen LogP contribution in [0, 0.1) is 19.0 Å². The zero-order valence-electron chi connectivity index (χ0n) is 30.3. The third kappa shape index (κ3) is 6.70. The van der Waals surface area contributed by atoms with E-state index in [9.17, 15) is 0 Å². The van der Waals surface area contributed by atoms with Crippen LogP contribution >= 0.6 is 11.3 Å². The van der Waals surface area contributed by atoms with Crippen molar-refractivity contribution in [2.75, 3.05) is 0 Å². The SMILES string of the molecule is [2H]C([2H])([2H])c1ccc(-c2c[c-]c(-c3nc4ccccc4n3CC)c3sc4ccccc4c23)cc1.[CH3][Ge]([CH3])([CH3])[c]1ccc(-c2[c-]cccc2)nc1.[Ir]. The first kappa shape index (κ1) is 30.2.